The highest BCUT2D eigenvalue weighted by molar-refractivity contribution is 6.08. The summed E-state index contributed by atoms with van der Waals surface area (Å²) in [4.78, 5) is 19.3. The van der Waals surface area contributed by atoms with E-state index in [1.54, 1.807) is 0 Å². The van der Waals surface area contributed by atoms with Gasteiger partial charge in [-0.1, -0.05) is 0 Å². The Balaban J connectivity index is 2.39. The number of anilines is 1. The highest BCUT2D eigenvalue weighted by atomic mass is 16.5. The van der Waals surface area contributed by atoms with Crippen LogP contribution in [-0.2, 0) is 11.5 Å². The van der Waals surface area contributed by atoms with Gasteiger partial charge in [0.1, 0.15) is 30.6 Å². The summed E-state index contributed by atoms with van der Waals surface area (Å²) in [7, 11) is 0. The van der Waals surface area contributed by atoms with Crippen molar-refractivity contribution >= 4 is 22.8 Å². The molecule has 0 saturated heterocycles. The molecule has 108 valence electrons. The van der Waals surface area contributed by atoms with Crippen LogP contribution >= 0.6 is 0 Å². The SMILES string of the molecule is NC(=O)c1cn(COC(CO)CO)c2ncnc(N)c12. The van der Waals surface area contributed by atoms with E-state index < -0.39 is 12.0 Å². The van der Waals surface area contributed by atoms with Crippen LogP contribution in [0.2, 0.25) is 0 Å². The zero-order valence-electron chi connectivity index (χ0n) is 10.6. The monoisotopic (exact) mass is 281 g/mol. The topological polar surface area (TPSA) is 150 Å². The fourth-order valence-corrected chi connectivity index (χ4v) is 1.78. The number of nitrogens with zero attached hydrogens (tertiary/aromatic N) is 3. The number of primary amides is 1. The Labute approximate surface area is 113 Å². The summed E-state index contributed by atoms with van der Waals surface area (Å²) in [6, 6.07) is 0. The van der Waals surface area contributed by atoms with Gasteiger partial charge < -0.3 is 31.0 Å². The van der Waals surface area contributed by atoms with E-state index in [9.17, 15) is 4.79 Å². The van der Waals surface area contributed by atoms with Crippen LogP contribution in [0.15, 0.2) is 12.5 Å². The number of rotatable bonds is 6. The summed E-state index contributed by atoms with van der Waals surface area (Å²) < 4.78 is 6.78. The highest BCUT2D eigenvalue weighted by Gasteiger charge is 2.17. The van der Waals surface area contributed by atoms with Crippen molar-refractivity contribution < 1.29 is 19.7 Å². The molecule has 0 aliphatic carbocycles. The number of nitrogen functional groups attached to an aromatic ring is 1. The van der Waals surface area contributed by atoms with E-state index in [0.29, 0.717) is 11.0 Å². The first-order valence-corrected chi connectivity index (χ1v) is 5.81. The summed E-state index contributed by atoms with van der Waals surface area (Å²) >= 11 is 0. The number of aromatic nitrogens is 3. The summed E-state index contributed by atoms with van der Waals surface area (Å²) in [5.74, 6) is -0.514. The zero-order chi connectivity index (χ0) is 14.7. The summed E-state index contributed by atoms with van der Waals surface area (Å²) in [6.45, 7) is -0.670. The lowest BCUT2D eigenvalue weighted by Gasteiger charge is -2.13. The Kier molecular flexibility index (Phi) is 4.13. The Morgan fingerprint density at radius 1 is 1.40 bits per heavy atom. The third-order valence-electron chi connectivity index (χ3n) is 2.80. The molecule has 2 aromatic rings. The molecule has 1 amide bonds. The van der Waals surface area contributed by atoms with Gasteiger partial charge in [0.25, 0.3) is 5.91 Å². The molecule has 0 atom stereocenters. The van der Waals surface area contributed by atoms with Crippen molar-refractivity contribution in [2.45, 2.75) is 12.8 Å². The predicted octanol–water partition coefficient (Wildman–Crippen LogP) is -1.56. The minimum atomic E-state index is -0.719. The third-order valence-corrected chi connectivity index (χ3v) is 2.80. The molecule has 0 spiro atoms. The van der Waals surface area contributed by atoms with Gasteiger partial charge >= 0.3 is 0 Å². The van der Waals surface area contributed by atoms with Gasteiger partial charge in [-0.05, 0) is 0 Å². The molecule has 0 radical (unpaired) electrons. The lowest BCUT2D eigenvalue weighted by Crippen LogP contribution is -2.23. The van der Waals surface area contributed by atoms with Crippen LogP contribution in [0.3, 0.4) is 0 Å². The lowest BCUT2D eigenvalue weighted by atomic mass is 10.2. The Morgan fingerprint density at radius 3 is 2.70 bits per heavy atom. The van der Waals surface area contributed by atoms with Gasteiger partial charge in [0, 0.05) is 6.20 Å². The van der Waals surface area contributed by atoms with Crippen LogP contribution in [0, 0.1) is 0 Å². The molecule has 2 heterocycles. The van der Waals surface area contributed by atoms with E-state index in [4.69, 9.17) is 26.4 Å². The number of amides is 1. The maximum Gasteiger partial charge on any atom is 0.251 e. The molecule has 0 unspecified atom stereocenters. The first-order chi connectivity index (χ1) is 9.58. The van der Waals surface area contributed by atoms with Crippen molar-refractivity contribution in [3.05, 3.63) is 18.1 Å². The summed E-state index contributed by atoms with van der Waals surface area (Å²) in [5, 5.41) is 18.2. The van der Waals surface area contributed by atoms with Crippen molar-refractivity contribution in [1.82, 2.24) is 14.5 Å². The molecule has 20 heavy (non-hydrogen) atoms. The first kappa shape index (κ1) is 14.2. The Hall–Kier alpha value is -2.23. The fourth-order valence-electron chi connectivity index (χ4n) is 1.78. The number of hydrogen-bond donors (Lipinski definition) is 4. The maximum absolute atomic E-state index is 11.4. The molecule has 2 rings (SSSR count). The van der Waals surface area contributed by atoms with E-state index in [1.807, 2.05) is 0 Å². The molecule has 6 N–H and O–H groups in total. The standard InChI is InChI=1S/C11H15N5O4/c12-9-8-7(10(13)19)1-16(11(8)15-4-14-9)5-20-6(2-17)3-18/h1,4,6,17-18H,2-3,5H2,(H2,13,19)(H2,12,14,15). The van der Waals surface area contributed by atoms with Crippen LogP contribution < -0.4 is 11.5 Å². The summed E-state index contributed by atoms with van der Waals surface area (Å²) in [5.41, 5.74) is 11.6. The second-order valence-corrected chi connectivity index (χ2v) is 4.12. The van der Waals surface area contributed by atoms with Crippen molar-refractivity contribution in [2.75, 3.05) is 18.9 Å². The van der Waals surface area contributed by atoms with Gasteiger partial charge in [0.2, 0.25) is 0 Å². The Bertz CT molecular complexity index is 623. The third kappa shape index (κ3) is 2.54. The lowest BCUT2D eigenvalue weighted by molar-refractivity contribution is -0.0487. The van der Waals surface area contributed by atoms with Crippen LogP contribution in [0.25, 0.3) is 11.0 Å². The van der Waals surface area contributed by atoms with Crippen molar-refractivity contribution in [3.63, 3.8) is 0 Å². The molecular weight excluding hydrogens is 266 g/mol. The number of hydrogen-bond acceptors (Lipinski definition) is 7. The van der Waals surface area contributed by atoms with E-state index in [-0.39, 0.29) is 31.3 Å². The van der Waals surface area contributed by atoms with Gasteiger partial charge in [0.05, 0.1) is 24.2 Å². The van der Waals surface area contributed by atoms with E-state index in [2.05, 4.69) is 9.97 Å². The van der Waals surface area contributed by atoms with Gasteiger partial charge in [-0.2, -0.15) is 0 Å². The van der Waals surface area contributed by atoms with E-state index >= 15 is 0 Å². The van der Waals surface area contributed by atoms with Gasteiger partial charge in [-0.15, -0.1) is 0 Å². The van der Waals surface area contributed by atoms with E-state index in [1.165, 1.54) is 17.1 Å². The molecule has 0 bridgehead atoms. The Morgan fingerprint density at radius 2 is 2.10 bits per heavy atom. The molecule has 9 nitrogen and oxygen atoms in total. The quantitative estimate of drug-likeness (QED) is 0.500. The van der Waals surface area contributed by atoms with Crippen LogP contribution in [0.1, 0.15) is 10.4 Å². The maximum atomic E-state index is 11.4. The van der Waals surface area contributed by atoms with Crippen molar-refractivity contribution in [2.24, 2.45) is 5.73 Å². The molecular formula is C11H15N5O4. The van der Waals surface area contributed by atoms with Crippen molar-refractivity contribution in [1.29, 1.82) is 0 Å². The minimum absolute atomic E-state index is 0.0218. The highest BCUT2D eigenvalue weighted by Crippen LogP contribution is 2.23. The molecule has 0 fully saturated rings. The zero-order valence-corrected chi connectivity index (χ0v) is 10.6. The predicted molar refractivity (Wildman–Crippen MR) is 69.5 cm³/mol. The van der Waals surface area contributed by atoms with E-state index in [0.717, 1.165) is 0 Å². The van der Waals surface area contributed by atoms with Crippen LogP contribution in [0.4, 0.5) is 5.82 Å². The average molecular weight is 281 g/mol. The summed E-state index contributed by atoms with van der Waals surface area (Å²) in [6.07, 6.45) is 1.99. The molecule has 2 aromatic heterocycles. The molecule has 0 aliphatic heterocycles. The molecule has 0 aliphatic rings. The second kappa shape index (κ2) is 5.82. The van der Waals surface area contributed by atoms with Gasteiger partial charge in [0.15, 0.2) is 0 Å². The minimum Gasteiger partial charge on any atom is -0.394 e. The van der Waals surface area contributed by atoms with Crippen LogP contribution in [-0.4, -0.2) is 50.0 Å². The number of carbonyl (C=O) groups is 1. The smallest absolute Gasteiger partial charge is 0.251 e. The largest absolute Gasteiger partial charge is 0.394 e. The second-order valence-electron chi connectivity index (χ2n) is 4.12. The number of ether oxygens (including phenoxy) is 1. The van der Waals surface area contributed by atoms with Crippen LogP contribution in [0.5, 0.6) is 0 Å². The number of aliphatic hydroxyl groups is 2. The normalized spacial score (nSPS) is 11.3. The van der Waals surface area contributed by atoms with Crippen molar-refractivity contribution in [3.8, 4) is 0 Å². The molecule has 0 aromatic carbocycles. The average Bonchev–Trinajstić information content (AvgIpc) is 2.81. The fraction of sp³-hybridized carbons (Fsp3) is 0.364. The first-order valence-electron chi connectivity index (χ1n) is 5.81. The molecule has 9 heteroatoms. The number of fused-ring (bicyclic) bond motifs is 1. The van der Waals surface area contributed by atoms with Gasteiger partial charge in [-0.25, -0.2) is 9.97 Å². The number of carbonyl (C=O) groups excluding carboxylic acids is 1. The van der Waals surface area contributed by atoms with Gasteiger partial charge in [-0.3, -0.25) is 4.79 Å². The number of nitrogens with two attached hydrogens (primary N) is 2. The number of aliphatic hydroxyl groups excluding tert-OH is 2. The molecule has 0 saturated carbocycles.